The van der Waals surface area contributed by atoms with Crippen LogP contribution in [0.2, 0.25) is 5.02 Å². The first kappa shape index (κ1) is 20.8. The first-order valence-electron chi connectivity index (χ1n) is 9.47. The van der Waals surface area contributed by atoms with Crippen LogP contribution in [-0.2, 0) is 10.0 Å². The largest absolute Gasteiger partial charge is 0.339 e. The van der Waals surface area contributed by atoms with Gasteiger partial charge < -0.3 is 4.90 Å². The molecule has 1 heterocycles. The van der Waals surface area contributed by atoms with Crippen molar-refractivity contribution in [2.75, 3.05) is 19.6 Å². The van der Waals surface area contributed by atoms with E-state index in [-0.39, 0.29) is 10.8 Å². The smallest absolute Gasteiger partial charge is 0.253 e. The van der Waals surface area contributed by atoms with Crippen LogP contribution < -0.4 is 4.72 Å². The predicted octanol–water partition coefficient (Wildman–Crippen LogP) is 3.87. The summed E-state index contributed by atoms with van der Waals surface area (Å²) in [6.07, 6.45) is 2.53. The number of benzene rings is 2. The Bertz CT molecular complexity index is 924. The van der Waals surface area contributed by atoms with Gasteiger partial charge in [-0.15, -0.1) is 0 Å². The molecule has 1 saturated heterocycles. The lowest BCUT2D eigenvalue weighted by Gasteiger charge is -2.32. The van der Waals surface area contributed by atoms with Gasteiger partial charge in [0.1, 0.15) is 0 Å². The topological polar surface area (TPSA) is 66.5 Å². The molecule has 0 unspecified atom stereocenters. The SMILES string of the molecule is Cc1c(Cl)cccc1S(=O)(=O)NCCC1CCN(C(=O)c2ccccc2)CC1. The van der Waals surface area contributed by atoms with Gasteiger partial charge in [0.15, 0.2) is 0 Å². The Hall–Kier alpha value is -1.89. The summed E-state index contributed by atoms with van der Waals surface area (Å²) < 4.78 is 27.7. The third-order valence-corrected chi connectivity index (χ3v) is 7.29. The first-order chi connectivity index (χ1) is 13.4. The summed E-state index contributed by atoms with van der Waals surface area (Å²) in [4.78, 5) is 14.6. The molecule has 5 nitrogen and oxygen atoms in total. The molecule has 7 heteroatoms. The van der Waals surface area contributed by atoms with Crippen molar-refractivity contribution < 1.29 is 13.2 Å². The summed E-state index contributed by atoms with van der Waals surface area (Å²) in [5, 5.41) is 0.443. The van der Waals surface area contributed by atoms with Crippen LogP contribution in [0.5, 0.6) is 0 Å². The summed E-state index contributed by atoms with van der Waals surface area (Å²) in [5.41, 5.74) is 1.27. The minimum Gasteiger partial charge on any atom is -0.339 e. The van der Waals surface area contributed by atoms with E-state index in [1.165, 1.54) is 0 Å². The fourth-order valence-electron chi connectivity index (χ4n) is 3.54. The van der Waals surface area contributed by atoms with Gasteiger partial charge >= 0.3 is 0 Å². The molecule has 0 spiro atoms. The van der Waals surface area contributed by atoms with Gasteiger partial charge in [0, 0.05) is 30.2 Å². The number of carbonyl (C=O) groups excluding carboxylic acids is 1. The highest BCUT2D eigenvalue weighted by Gasteiger charge is 2.24. The number of piperidine rings is 1. The van der Waals surface area contributed by atoms with Crippen molar-refractivity contribution in [3.63, 3.8) is 0 Å². The average Bonchev–Trinajstić information content (AvgIpc) is 2.70. The number of nitrogens with one attached hydrogen (secondary N) is 1. The van der Waals surface area contributed by atoms with Gasteiger partial charge in [-0.3, -0.25) is 4.79 Å². The Labute approximate surface area is 171 Å². The fourth-order valence-corrected chi connectivity index (χ4v) is 5.09. The number of likely N-dealkylation sites (tertiary alicyclic amines) is 1. The van der Waals surface area contributed by atoms with E-state index in [2.05, 4.69) is 4.72 Å². The second-order valence-electron chi connectivity index (χ2n) is 7.15. The van der Waals surface area contributed by atoms with Crippen LogP contribution in [-0.4, -0.2) is 38.9 Å². The van der Waals surface area contributed by atoms with Crippen molar-refractivity contribution in [2.45, 2.75) is 31.1 Å². The number of carbonyl (C=O) groups is 1. The lowest BCUT2D eigenvalue weighted by atomic mass is 9.93. The number of rotatable bonds is 6. The number of halogens is 1. The molecule has 2 aromatic carbocycles. The highest BCUT2D eigenvalue weighted by molar-refractivity contribution is 7.89. The van der Waals surface area contributed by atoms with Crippen molar-refractivity contribution in [3.8, 4) is 0 Å². The number of hydrogen-bond donors (Lipinski definition) is 1. The minimum atomic E-state index is -3.57. The van der Waals surface area contributed by atoms with E-state index in [1.807, 2.05) is 35.2 Å². The molecule has 3 rings (SSSR count). The fraction of sp³-hybridized carbons (Fsp3) is 0.381. The van der Waals surface area contributed by atoms with Crippen molar-refractivity contribution >= 4 is 27.5 Å². The van der Waals surface area contributed by atoms with Crippen molar-refractivity contribution in [1.82, 2.24) is 9.62 Å². The number of hydrogen-bond acceptors (Lipinski definition) is 3. The zero-order valence-corrected chi connectivity index (χ0v) is 17.5. The van der Waals surface area contributed by atoms with E-state index in [1.54, 1.807) is 25.1 Å². The lowest BCUT2D eigenvalue weighted by Crippen LogP contribution is -2.39. The van der Waals surface area contributed by atoms with E-state index < -0.39 is 10.0 Å². The molecule has 0 radical (unpaired) electrons. The normalized spacial score (nSPS) is 15.6. The van der Waals surface area contributed by atoms with E-state index >= 15 is 0 Å². The van der Waals surface area contributed by atoms with Crippen LogP contribution >= 0.6 is 11.6 Å². The van der Waals surface area contributed by atoms with E-state index in [0.29, 0.717) is 41.7 Å². The van der Waals surface area contributed by atoms with E-state index in [9.17, 15) is 13.2 Å². The highest BCUT2D eigenvalue weighted by Crippen LogP contribution is 2.24. The van der Waals surface area contributed by atoms with Gasteiger partial charge in [0.25, 0.3) is 5.91 Å². The zero-order valence-electron chi connectivity index (χ0n) is 15.9. The Morgan fingerprint density at radius 1 is 1.11 bits per heavy atom. The van der Waals surface area contributed by atoms with Crippen LogP contribution in [0.1, 0.15) is 35.2 Å². The van der Waals surface area contributed by atoms with Crippen LogP contribution in [0.3, 0.4) is 0 Å². The third kappa shape index (κ3) is 4.93. The van der Waals surface area contributed by atoms with Gasteiger partial charge in [-0.2, -0.15) is 0 Å². The van der Waals surface area contributed by atoms with Crippen molar-refractivity contribution in [2.24, 2.45) is 5.92 Å². The Morgan fingerprint density at radius 2 is 1.79 bits per heavy atom. The molecule has 1 N–H and O–H groups in total. The van der Waals surface area contributed by atoms with Crippen LogP contribution in [0.4, 0.5) is 0 Å². The molecular formula is C21H25ClN2O3S. The lowest BCUT2D eigenvalue weighted by molar-refractivity contribution is 0.0687. The van der Waals surface area contributed by atoms with Crippen LogP contribution in [0.25, 0.3) is 0 Å². The Balaban J connectivity index is 1.48. The monoisotopic (exact) mass is 420 g/mol. The Morgan fingerprint density at radius 3 is 2.46 bits per heavy atom. The van der Waals surface area contributed by atoms with E-state index in [0.717, 1.165) is 19.3 Å². The van der Waals surface area contributed by atoms with Gasteiger partial charge in [0.2, 0.25) is 10.0 Å². The molecular weight excluding hydrogens is 396 g/mol. The first-order valence-corrected chi connectivity index (χ1v) is 11.3. The van der Waals surface area contributed by atoms with Gasteiger partial charge in [-0.1, -0.05) is 35.9 Å². The van der Waals surface area contributed by atoms with Crippen molar-refractivity contribution in [1.29, 1.82) is 0 Å². The quantitative estimate of drug-likeness (QED) is 0.771. The molecule has 0 aromatic heterocycles. The summed E-state index contributed by atoms with van der Waals surface area (Å²) in [5.74, 6) is 0.471. The maximum Gasteiger partial charge on any atom is 0.253 e. The summed E-state index contributed by atoms with van der Waals surface area (Å²) in [6.45, 7) is 3.50. The molecule has 0 saturated carbocycles. The van der Waals surface area contributed by atoms with Gasteiger partial charge in [0.05, 0.1) is 4.90 Å². The molecule has 0 bridgehead atoms. The highest BCUT2D eigenvalue weighted by atomic mass is 35.5. The number of sulfonamides is 1. The maximum absolute atomic E-state index is 12.5. The number of nitrogens with zero attached hydrogens (tertiary/aromatic N) is 1. The van der Waals surface area contributed by atoms with Crippen LogP contribution in [0, 0.1) is 12.8 Å². The molecule has 2 aromatic rings. The molecule has 150 valence electrons. The molecule has 1 aliphatic rings. The van der Waals surface area contributed by atoms with Gasteiger partial charge in [-0.25, -0.2) is 13.1 Å². The second kappa shape index (κ2) is 9.07. The summed E-state index contributed by atoms with van der Waals surface area (Å²) in [6, 6.07) is 14.2. The van der Waals surface area contributed by atoms with Crippen LogP contribution in [0.15, 0.2) is 53.4 Å². The molecule has 1 aliphatic heterocycles. The van der Waals surface area contributed by atoms with Gasteiger partial charge in [-0.05, 0) is 61.9 Å². The average molecular weight is 421 g/mol. The number of amides is 1. The molecule has 0 atom stereocenters. The Kier molecular flexibility index (Phi) is 6.75. The zero-order chi connectivity index (χ0) is 20.1. The molecule has 1 amide bonds. The maximum atomic E-state index is 12.5. The predicted molar refractivity (Wildman–Crippen MR) is 111 cm³/mol. The van der Waals surface area contributed by atoms with Crippen molar-refractivity contribution in [3.05, 3.63) is 64.7 Å². The molecule has 28 heavy (non-hydrogen) atoms. The molecule has 1 fully saturated rings. The molecule has 0 aliphatic carbocycles. The standard InChI is InChI=1S/C21H25ClN2O3S/c1-16-19(22)8-5-9-20(16)28(26,27)23-13-10-17-11-14-24(15-12-17)21(25)18-6-3-2-4-7-18/h2-9,17,23H,10-15H2,1H3. The minimum absolute atomic E-state index is 0.0659. The summed E-state index contributed by atoms with van der Waals surface area (Å²) in [7, 11) is -3.57. The second-order valence-corrected chi connectivity index (χ2v) is 9.29. The third-order valence-electron chi connectivity index (χ3n) is 5.27. The summed E-state index contributed by atoms with van der Waals surface area (Å²) >= 11 is 6.03. The van der Waals surface area contributed by atoms with E-state index in [4.69, 9.17) is 11.6 Å².